The molecule has 5 nitrogen and oxygen atoms in total. The van der Waals surface area contributed by atoms with Crippen LogP contribution in [0.15, 0.2) is 45.9 Å². The number of ketones is 1. The number of aromatic nitrogens is 2. The molecular weight excluding hydrogens is 998 g/mol. The number of hydrogen-bond donors (Lipinski definition) is 1. The molecule has 0 aliphatic rings. The fraction of sp³-hybridized carbons (Fsp3) is 0.586. The van der Waals surface area contributed by atoms with Crippen molar-refractivity contribution >= 4 is 128 Å². The van der Waals surface area contributed by atoms with Gasteiger partial charge in [0.15, 0.2) is 0 Å². The summed E-state index contributed by atoms with van der Waals surface area (Å²) in [6, 6.07) is 3.72. The fourth-order valence-corrected chi connectivity index (χ4v) is 2.18. The molecule has 2 aromatic rings. The largest absolute Gasteiger partial charge is 0.397 e. The quantitative estimate of drug-likeness (QED) is 0.177. The summed E-state index contributed by atoms with van der Waals surface area (Å²) < 4.78 is 3.95. The van der Waals surface area contributed by atoms with Crippen molar-refractivity contribution in [2.75, 3.05) is 10.2 Å². The minimum Gasteiger partial charge on any atom is -0.397 e. The van der Waals surface area contributed by atoms with E-state index >= 15 is 0 Å². The van der Waals surface area contributed by atoms with E-state index in [9.17, 15) is 9.59 Å². The summed E-state index contributed by atoms with van der Waals surface area (Å²) in [7, 11) is 0. The van der Waals surface area contributed by atoms with Crippen molar-refractivity contribution in [2.45, 2.75) is 90.4 Å². The summed E-state index contributed by atoms with van der Waals surface area (Å²) in [5, 5.41) is -0.269. The third kappa shape index (κ3) is 43.3. The molecule has 0 aliphatic heterocycles. The Bertz CT molecular complexity index is 844. The van der Waals surface area contributed by atoms with Crippen molar-refractivity contribution in [3.63, 3.8) is 0 Å². The zero-order valence-electron chi connectivity index (χ0n) is 24.3. The van der Waals surface area contributed by atoms with Gasteiger partial charge in [0.25, 0.3) is 0 Å². The molecule has 11 heteroatoms. The molecule has 0 amide bonds. The van der Waals surface area contributed by atoms with Crippen LogP contribution in [0.3, 0.4) is 0 Å². The van der Waals surface area contributed by atoms with Crippen LogP contribution in [0.25, 0.3) is 0 Å². The Morgan fingerprint density at radius 3 is 1.50 bits per heavy atom. The summed E-state index contributed by atoms with van der Waals surface area (Å²) in [5.74, 6) is 0.325. The van der Waals surface area contributed by atoms with Crippen LogP contribution in [-0.2, 0) is 16.0 Å². The van der Waals surface area contributed by atoms with Crippen LogP contribution < -0.4 is 5.73 Å². The summed E-state index contributed by atoms with van der Waals surface area (Å²) in [4.78, 5) is 29.1. The van der Waals surface area contributed by atoms with E-state index < -0.39 is 0 Å². The molecule has 40 heavy (non-hydrogen) atoms. The predicted octanol–water partition coefficient (Wildman–Crippen LogP) is 11.9. The predicted molar refractivity (Wildman–Crippen MR) is 212 cm³/mol. The maximum atomic E-state index is 11.4. The van der Waals surface area contributed by atoms with Crippen LogP contribution in [0.1, 0.15) is 87.6 Å². The third-order valence-corrected chi connectivity index (χ3v) is 7.61. The molecular formula is C29H49Br2ClI3N3O2. The Balaban J connectivity index is -0.000000132. The van der Waals surface area contributed by atoms with Crippen LogP contribution in [0.2, 0.25) is 0 Å². The number of nitrogen functional groups attached to an aromatic ring is 1. The zero-order valence-corrected chi connectivity index (χ0v) is 34.7. The monoisotopic (exact) mass is 1040 g/mol. The standard InChI is InChI=1S/C10H12BrNO.C5H5BrN2.C4H7ClO.C3H6I2.C3H7I.C3H8.CH4/c1-7(2)10(13)4-8-3-9(11)6-12-5-8;6-4-1-5(7)3-8-2-4;1-3(2)4(5)6;1-2-3(4)5;1-2-3-4;1-3-2;/h3,5-7H,4H2,1-2H3;1-3H,7H2;3H,1-2H3;3H,2H2,1H3;2-3H2,1H3;3H2,1-2H3;1H4. The number of rotatable bonds is 6. The minimum absolute atomic E-state index is 0. The van der Waals surface area contributed by atoms with Gasteiger partial charge in [-0.05, 0) is 78.4 Å². The lowest BCUT2D eigenvalue weighted by atomic mass is 10.0. The highest BCUT2D eigenvalue weighted by Crippen LogP contribution is 2.12. The molecule has 2 aromatic heterocycles. The Labute approximate surface area is 307 Å². The zero-order chi connectivity index (χ0) is 31.4. The second-order valence-electron chi connectivity index (χ2n) is 8.40. The number of Topliss-reactive ketones (excluding diaryl/α,β-unsaturated/α-hetero) is 1. The Kier molecular flexibility index (Phi) is 45.5. The number of halogens is 6. The highest BCUT2D eigenvalue weighted by molar-refractivity contribution is 14.2. The highest BCUT2D eigenvalue weighted by atomic mass is 127. The van der Waals surface area contributed by atoms with E-state index in [1.807, 2.05) is 19.9 Å². The van der Waals surface area contributed by atoms with Crippen molar-refractivity contribution in [3.05, 3.63) is 51.4 Å². The van der Waals surface area contributed by atoms with Gasteiger partial charge in [-0.25, -0.2) is 0 Å². The molecule has 0 fully saturated rings. The van der Waals surface area contributed by atoms with Gasteiger partial charge in [0.2, 0.25) is 5.24 Å². The number of carbonyl (C=O) groups is 2. The summed E-state index contributed by atoms with van der Waals surface area (Å²) in [5.41, 5.74) is 7.01. The topological polar surface area (TPSA) is 85.9 Å². The number of carbonyl (C=O) groups excluding carboxylic acids is 2. The lowest BCUT2D eigenvalue weighted by Gasteiger charge is -2.03. The number of hydrogen-bond acceptors (Lipinski definition) is 5. The van der Waals surface area contributed by atoms with Crippen molar-refractivity contribution in [3.8, 4) is 0 Å². The van der Waals surface area contributed by atoms with Crippen LogP contribution in [0.4, 0.5) is 5.69 Å². The molecule has 0 aromatic carbocycles. The summed E-state index contributed by atoms with van der Waals surface area (Å²) in [6.07, 6.45) is 11.0. The van der Waals surface area contributed by atoms with Crippen LogP contribution in [-0.4, -0.2) is 27.4 Å². The normalized spacial score (nSPS) is 9.03. The first-order chi connectivity index (χ1) is 18.1. The fourth-order valence-electron chi connectivity index (χ4n) is 1.39. The first-order valence-corrected chi connectivity index (χ1v) is 18.6. The maximum Gasteiger partial charge on any atom is 0.224 e. The van der Waals surface area contributed by atoms with E-state index in [0.717, 1.165) is 16.4 Å². The van der Waals surface area contributed by atoms with Gasteiger partial charge in [-0.3, -0.25) is 19.6 Å². The maximum absolute atomic E-state index is 11.4. The molecule has 0 saturated carbocycles. The second kappa shape index (κ2) is 36.1. The third-order valence-electron chi connectivity index (χ3n) is 3.46. The lowest BCUT2D eigenvalue weighted by Crippen LogP contribution is -2.10. The van der Waals surface area contributed by atoms with Gasteiger partial charge in [-0.2, -0.15) is 0 Å². The van der Waals surface area contributed by atoms with Gasteiger partial charge in [0, 0.05) is 52.0 Å². The molecule has 0 saturated heterocycles. The summed E-state index contributed by atoms with van der Waals surface area (Å²) >= 11 is 18.6. The van der Waals surface area contributed by atoms with E-state index in [2.05, 4.69) is 137 Å². The van der Waals surface area contributed by atoms with E-state index in [1.54, 1.807) is 44.7 Å². The molecule has 0 bridgehead atoms. The Morgan fingerprint density at radius 1 is 0.900 bits per heavy atom. The molecule has 2 rings (SSSR count). The van der Waals surface area contributed by atoms with Gasteiger partial charge in [-0.15, -0.1) is 0 Å². The SMILES string of the molecule is C.CC(C)C(=O)Cc1cncc(Br)c1.CC(C)C(=O)Cl.CCC.CCC(I)I.CCCI.Nc1cncc(Br)c1. The van der Waals surface area contributed by atoms with Gasteiger partial charge in [-0.1, -0.05) is 137 Å². The molecule has 0 atom stereocenters. The lowest BCUT2D eigenvalue weighted by molar-refractivity contribution is -0.121. The van der Waals surface area contributed by atoms with Gasteiger partial charge < -0.3 is 5.73 Å². The number of nitrogens with two attached hydrogens (primary N) is 1. The molecule has 0 spiro atoms. The molecule has 0 aliphatic carbocycles. The Morgan fingerprint density at radius 2 is 1.27 bits per heavy atom. The van der Waals surface area contributed by atoms with E-state index in [1.165, 1.54) is 23.7 Å². The van der Waals surface area contributed by atoms with E-state index in [4.69, 9.17) is 17.3 Å². The molecule has 0 unspecified atom stereocenters. The number of alkyl halides is 3. The van der Waals surface area contributed by atoms with Crippen molar-refractivity contribution < 1.29 is 9.59 Å². The molecule has 2 heterocycles. The van der Waals surface area contributed by atoms with Crippen molar-refractivity contribution in [2.24, 2.45) is 11.8 Å². The first-order valence-electron chi connectivity index (χ1n) is 12.6. The average molecular weight is 1050 g/mol. The van der Waals surface area contributed by atoms with Gasteiger partial charge >= 0.3 is 0 Å². The van der Waals surface area contributed by atoms with Gasteiger partial charge in [0.1, 0.15) is 5.78 Å². The minimum atomic E-state index is -0.269. The molecule has 234 valence electrons. The second-order valence-corrected chi connectivity index (χ2v) is 17.1. The van der Waals surface area contributed by atoms with Crippen molar-refractivity contribution in [1.29, 1.82) is 0 Å². The highest BCUT2D eigenvalue weighted by Gasteiger charge is 2.08. The molecule has 2 N–H and O–H groups in total. The number of anilines is 1. The number of pyridine rings is 2. The van der Waals surface area contributed by atoms with Gasteiger partial charge in [0.05, 0.1) is 7.62 Å². The first kappa shape index (κ1) is 50.5. The van der Waals surface area contributed by atoms with Crippen molar-refractivity contribution in [1.82, 2.24) is 9.97 Å². The van der Waals surface area contributed by atoms with E-state index in [-0.39, 0.29) is 30.3 Å². The van der Waals surface area contributed by atoms with Crippen LogP contribution >= 0.6 is 111 Å². The van der Waals surface area contributed by atoms with Crippen LogP contribution in [0, 0.1) is 11.8 Å². The van der Waals surface area contributed by atoms with E-state index in [0.29, 0.717) is 12.1 Å². The molecule has 0 radical (unpaired) electrons. The smallest absolute Gasteiger partial charge is 0.224 e. The van der Waals surface area contributed by atoms with Crippen LogP contribution in [0.5, 0.6) is 0 Å². The summed E-state index contributed by atoms with van der Waals surface area (Å²) in [6.45, 7) is 15.9. The number of nitrogens with zero attached hydrogens (tertiary/aromatic N) is 2. The average Bonchev–Trinajstić information content (AvgIpc) is 2.85. The Hall–Kier alpha value is 0.880.